The first kappa shape index (κ1) is 18.5. The fraction of sp³-hybridized carbons (Fsp3) is 0.652. The van der Waals surface area contributed by atoms with Gasteiger partial charge >= 0.3 is 0 Å². The lowest BCUT2D eigenvalue weighted by molar-refractivity contribution is -0.139. The average Bonchev–Trinajstić information content (AvgIpc) is 3.17. The van der Waals surface area contributed by atoms with Gasteiger partial charge in [0.15, 0.2) is 0 Å². The summed E-state index contributed by atoms with van der Waals surface area (Å²) >= 11 is 0. The third-order valence-electron chi connectivity index (χ3n) is 6.96. The van der Waals surface area contributed by atoms with Crippen LogP contribution >= 0.6 is 0 Å². The van der Waals surface area contributed by atoms with Gasteiger partial charge < -0.3 is 10.2 Å². The fourth-order valence-corrected chi connectivity index (χ4v) is 4.93. The highest BCUT2D eigenvalue weighted by Crippen LogP contribution is 2.59. The van der Waals surface area contributed by atoms with Crippen molar-refractivity contribution in [3.63, 3.8) is 0 Å². The summed E-state index contributed by atoms with van der Waals surface area (Å²) in [7, 11) is 0. The summed E-state index contributed by atoms with van der Waals surface area (Å²) in [4.78, 5) is 26.4. The molecule has 0 bridgehead atoms. The van der Waals surface area contributed by atoms with E-state index in [2.05, 4.69) is 55.3 Å². The number of amides is 2. The fourth-order valence-electron chi connectivity index (χ4n) is 4.93. The van der Waals surface area contributed by atoms with Crippen LogP contribution in [0.1, 0.15) is 64.5 Å². The lowest BCUT2D eigenvalue weighted by Crippen LogP contribution is -2.50. The van der Waals surface area contributed by atoms with Gasteiger partial charge in [-0.15, -0.1) is 0 Å². The van der Waals surface area contributed by atoms with Gasteiger partial charge in [-0.25, -0.2) is 0 Å². The number of fused-ring (bicyclic) bond motifs is 1. The molecule has 2 amide bonds. The Labute approximate surface area is 162 Å². The molecular weight excluding hydrogens is 336 g/mol. The molecule has 27 heavy (non-hydrogen) atoms. The largest absolute Gasteiger partial charge is 0.353 e. The van der Waals surface area contributed by atoms with Crippen LogP contribution in [0.3, 0.4) is 0 Å². The molecule has 4 rings (SSSR count). The normalized spacial score (nSPS) is 31.9. The molecule has 1 aromatic carbocycles. The smallest absolute Gasteiger partial charge is 0.225 e. The Morgan fingerprint density at radius 3 is 2.44 bits per heavy atom. The van der Waals surface area contributed by atoms with Gasteiger partial charge in [0.2, 0.25) is 11.8 Å². The molecule has 0 aromatic heterocycles. The van der Waals surface area contributed by atoms with Crippen molar-refractivity contribution in [1.29, 1.82) is 0 Å². The molecule has 1 heterocycles. The summed E-state index contributed by atoms with van der Waals surface area (Å²) in [6, 6.07) is 9.29. The summed E-state index contributed by atoms with van der Waals surface area (Å²) in [5, 5.41) is 3.00. The number of hydrogen-bond donors (Lipinski definition) is 1. The van der Waals surface area contributed by atoms with Gasteiger partial charge in [0.1, 0.15) is 0 Å². The molecule has 1 saturated heterocycles. The van der Waals surface area contributed by atoms with Gasteiger partial charge in [0.05, 0.1) is 0 Å². The molecule has 2 saturated carbocycles. The Kier molecular flexibility index (Phi) is 4.36. The number of hydrogen-bond acceptors (Lipinski definition) is 2. The molecule has 146 valence electrons. The summed E-state index contributed by atoms with van der Waals surface area (Å²) in [5.41, 5.74) is 3.13. The van der Waals surface area contributed by atoms with E-state index in [1.54, 1.807) is 0 Å². The molecule has 1 N–H and O–H groups in total. The van der Waals surface area contributed by atoms with E-state index in [0.717, 1.165) is 25.9 Å². The molecular formula is C23H32N2O2. The molecule has 1 aromatic rings. The average molecular weight is 369 g/mol. The number of carbonyl (C=O) groups excluding carboxylic acids is 2. The molecule has 0 spiro atoms. The third-order valence-corrected chi connectivity index (χ3v) is 6.96. The Morgan fingerprint density at radius 1 is 1.19 bits per heavy atom. The minimum Gasteiger partial charge on any atom is -0.353 e. The van der Waals surface area contributed by atoms with Crippen molar-refractivity contribution in [2.24, 2.45) is 11.8 Å². The predicted molar refractivity (Wildman–Crippen MR) is 106 cm³/mol. The van der Waals surface area contributed by atoms with Gasteiger partial charge in [-0.3, -0.25) is 9.59 Å². The molecule has 2 atom stereocenters. The van der Waals surface area contributed by atoms with Crippen LogP contribution in [0.5, 0.6) is 0 Å². The van der Waals surface area contributed by atoms with Crippen LogP contribution in [0.2, 0.25) is 0 Å². The van der Waals surface area contributed by atoms with Crippen LogP contribution in [0, 0.1) is 11.8 Å². The van der Waals surface area contributed by atoms with Crippen molar-refractivity contribution in [2.45, 2.75) is 70.3 Å². The first-order valence-corrected chi connectivity index (χ1v) is 10.4. The number of carbonyl (C=O) groups is 2. The second-order valence-corrected chi connectivity index (χ2v) is 9.89. The van der Waals surface area contributed by atoms with Gasteiger partial charge in [-0.05, 0) is 41.7 Å². The number of benzene rings is 1. The SMILES string of the molecule is CCC(=O)NC1CC(C(=O)N2CC3CC3(c3ccc(C(C)(C)C)cc3)C2)C1. The monoisotopic (exact) mass is 368 g/mol. The highest BCUT2D eigenvalue weighted by Gasteiger charge is 2.62. The van der Waals surface area contributed by atoms with E-state index >= 15 is 0 Å². The van der Waals surface area contributed by atoms with Crippen LogP contribution in [-0.2, 0) is 20.4 Å². The highest BCUT2D eigenvalue weighted by molar-refractivity contribution is 5.82. The van der Waals surface area contributed by atoms with Gasteiger partial charge in [0.25, 0.3) is 0 Å². The number of nitrogens with zero attached hydrogens (tertiary/aromatic N) is 1. The van der Waals surface area contributed by atoms with E-state index in [-0.39, 0.29) is 28.7 Å². The van der Waals surface area contributed by atoms with Crippen molar-refractivity contribution >= 4 is 11.8 Å². The molecule has 3 aliphatic rings. The van der Waals surface area contributed by atoms with E-state index in [1.807, 2.05) is 6.92 Å². The highest BCUT2D eigenvalue weighted by atomic mass is 16.2. The minimum atomic E-state index is 0.0889. The molecule has 4 nitrogen and oxygen atoms in total. The van der Waals surface area contributed by atoms with Crippen LogP contribution in [-0.4, -0.2) is 35.8 Å². The van der Waals surface area contributed by atoms with E-state index < -0.39 is 0 Å². The molecule has 1 aliphatic heterocycles. The van der Waals surface area contributed by atoms with Crippen LogP contribution in [0.4, 0.5) is 0 Å². The van der Waals surface area contributed by atoms with E-state index in [1.165, 1.54) is 17.5 Å². The third kappa shape index (κ3) is 3.28. The van der Waals surface area contributed by atoms with Crippen molar-refractivity contribution in [3.05, 3.63) is 35.4 Å². The first-order valence-electron chi connectivity index (χ1n) is 10.4. The summed E-state index contributed by atoms with van der Waals surface area (Å²) in [6.07, 6.45) is 3.34. The molecule has 2 aliphatic carbocycles. The van der Waals surface area contributed by atoms with E-state index in [0.29, 0.717) is 18.2 Å². The summed E-state index contributed by atoms with van der Waals surface area (Å²) in [5.74, 6) is 1.11. The summed E-state index contributed by atoms with van der Waals surface area (Å²) in [6.45, 7) is 10.4. The maximum Gasteiger partial charge on any atom is 0.225 e. The molecule has 3 fully saturated rings. The zero-order valence-corrected chi connectivity index (χ0v) is 17.0. The van der Waals surface area contributed by atoms with E-state index in [9.17, 15) is 9.59 Å². The topological polar surface area (TPSA) is 49.4 Å². The van der Waals surface area contributed by atoms with Crippen molar-refractivity contribution in [1.82, 2.24) is 10.2 Å². The Hall–Kier alpha value is -1.84. The second kappa shape index (κ2) is 6.35. The van der Waals surface area contributed by atoms with Gasteiger partial charge in [-0.2, -0.15) is 0 Å². The second-order valence-electron chi connectivity index (χ2n) is 9.89. The van der Waals surface area contributed by atoms with Crippen molar-refractivity contribution in [3.8, 4) is 0 Å². The summed E-state index contributed by atoms with van der Waals surface area (Å²) < 4.78 is 0. The molecule has 0 radical (unpaired) electrons. The maximum absolute atomic E-state index is 12.9. The Bertz CT molecular complexity index is 743. The van der Waals surface area contributed by atoms with Crippen LogP contribution in [0.15, 0.2) is 24.3 Å². The number of rotatable bonds is 4. The Morgan fingerprint density at radius 2 is 1.85 bits per heavy atom. The first-order chi connectivity index (χ1) is 12.7. The standard InChI is InChI=1S/C23H32N2O2/c1-5-20(26)24-19-10-15(11-19)21(27)25-13-18-12-23(18,14-25)17-8-6-16(7-9-17)22(2,3)4/h6-9,15,18-19H,5,10-14H2,1-4H3,(H,24,26). The van der Waals surface area contributed by atoms with Gasteiger partial charge in [0, 0.05) is 36.9 Å². The number of likely N-dealkylation sites (tertiary alicyclic amines) is 1. The van der Waals surface area contributed by atoms with Crippen LogP contribution in [0.25, 0.3) is 0 Å². The van der Waals surface area contributed by atoms with Crippen molar-refractivity contribution < 1.29 is 9.59 Å². The molecule has 4 heteroatoms. The van der Waals surface area contributed by atoms with E-state index in [4.69, 9.17) is 0 Å². The Balaban J connectivity index is 1.35. The number of piperidine rings is 1. The quantitative estimate of drug-likeness (QED) is 0.886. The molecule has 2 unspecified atom stereocenters. The maximum atomic E-state index is 12.9. The van der Waals surface area contributed by atoms with Crippen molar-refractivity contribution in [2.75, 3.05) is 13.1 Å². The zero-order valence-electron chi connectivity index (χ0n) is 17.0. The minimum absolute atomic E-state index is 0.0889. The predicted octanol–water partition coefficient (Wildman–Crippen LogP) is 3.39. The number of nitrogens with one attached hydrogen (secondary N) is 1. The lowest BCUT2D eigenvalue weighted by Gasteiger charge is -2.37. The zero-order chi connectivity index (χ0) is 19.4. The van der Waals surface area contributed by atoms with Crippen LogP contribution < -0.4 is 5.32 Å². The lowest BCUT2D eigenvalue weighted by atomic mass is 9.79. The van der Waals surface area contributed by atoms with Gasteiger partial charge in [-0.1, -0.05) is 52.0 Å².